The van der Waals surface area contributed by atoms with Crippen LogP contribution in [0.25, 0.3) is 11.1 Å². The third kappa shape index (κ3) is 2.37. The van der Waals surface area contributed by atoms with E-state index in [1.165, 1.54) is 5.56 Å². The highest BCUT2D eigenvalue weighted by atomic mass is 16.1. The van der Waals surface area contributed by atoms with Crippen molar-refractivity contribution < 1.29 is 4.79 Å². The summed E-state index contributed by atoms with van der Waals surface area (Å²) in [6, 6.07) is 8.23. The van der Waals surface area contributed by atoms with Crippen molar-refractivity contribution >= 4 is 5.78 Å². The molecule has 0 N–H and O–H groups in total. The van der Waals surface area contributed by atoms with Gasteiger partial charge in [0, 0.05) is 11.8 Å². The Kier molecular flexibility index (Phi) is 2.86. The molecule has 0 aliphatic rings. The minimum atomic E-state index is 0.110. The van der Waals surface area contributed by atoms with Gasteiger partial charge in [-0.1, -0.05) is 29.8 Å². The monoisotopic (exact) mass is 214 g/mol. The van der Waals surface area contributed by atoms with Crippen LogP contribution in [0.15, 0.2) is 36.7 Å². The highest BCUT2D eigenvalue weighted by molar-refractivity contribution is 5.75. The highest BCUT2D eigenvalue weighted by Crippen LogP contribution is 2.19. The molecule has 2 aromatic rings. The summed E-state index contributed by atoms with van der Waals surface area (Å²) in [5, 5.41) is 4.16. The molecule has 82 valence electrons. The number of nitrogens with zero attached hydrogens (tertiary/aromatic N) is 2. The second-order valence-electron chi connectivity index (χ2n) is 4.00. The van der Waals surface area contributed by atoms with Gasteiger partial charge in [0.15, 0.2) is 5.78 Å². The lowest BCUT2D eigenvalue weighted by molar-refractivity contribution is -0.117. The molecule has 2 rings (SSSR count). The lowest BCUT2D eigenvalue weighted by Crippen LogP contribution is -2.05. The van der Waals surface area contributed by atoms with E-state index >= 15 is 0 Å². The average Bonchev–Trinajstić information content (AvgIpc) is 2.65. The minimum Gasteiger partial charge on any atom is -0.298 e. The van der Waals surface area contributed by atoms with E-state index in [1.54, 1.807) is 17.8 Å². The second kappa shape index (κ2) is 4.31. The van der Waals surface area contributed by atoms with Crippen molar-refractivity contribution in [3.05, 3.63) is 42.2 Å². The van der Waals surface area contributed by atoms with Gasteiger partial charge in [-0.2, -0.15) is 5.10 Å². The molecule has 0 spiro atoms. The first-order chi connectivity index (χ1) is 7.65. The Hall–Kier alpha value is -1.90. The van der Waals surface area contributed by atoms with Crippen molar-refractivity contribution in [2.75, 3.05) is 0 Å². The number of benzene rings is 1. The van der Waals surface area contributed by atoms with Crippen LogP contribution >= 0.6 is 0 Å². The van der Waals surface area contributed by atoms with E-state index in [-0.39, 0.29) is 5.78 Å². The van der Waals surface area contributed by atoms with Crippen LogP contribution in [0, 0.1) is 6.92 Å². The summed E-state index contributed by atoms with van der Waals surface area (Å²) in [5.41, 5.74) is 3.40. The Labute approximate surface area is 94.7 Å². The summed E-state index contributed by atoms with van der Waals surface area (Å²) in [4.78, 5) is 11.0. The molecule has 16 heavy (non-hydrogen) atoms. The van der Waals surface area contributed by atoms with Gasteiger partial charge in [0.25, 0.3) is 0 Å². The fourth-order valence-electron chi connectivity index (χ4n) is 1.65. The molecule has 0 aliphatic heterocycles. The minimum absolute atomic E-state index is 0.110. The summed E-state index contributed by atoms with van der Waals surface area (Å²) in [7, 11) is 0. The number of aromatic nitrogens is 2. The third-order valence-electron chi connectivity index (χ3n) is 2.37. The molecule has 0 radical (unpaired) electrons. The second-order valence-corrected chi connectivity index (χ2v) is 4.00. The quantitative estimate of drug-likeness (QED) is 0.786. The van der Waals surface area contributed by atoms with Crippen LogP contribution in [0.2, 0.25) is 0 Å². The van der Waals surface area contributed by atoms with Gasteiger partial charge in [-0.25, -0.2) is 0 Å². The summed E-state index contributed by atoms with van der Waals surface area (Å²) in [6.45, 7) is 3.96. The Bertz CT molecular complexity index is 514. The van der Waals surface area contributed by atoms with Crippen molar-refractivity contribution in [2.24, 2.45) is 0 Å². The topological polar surface area (TPSA) is 34.9 Å². The van der Waals surface area contributed by atoms with Crippen molar-refractivity contribution in [3.8, 4) is 11.1 Å². The van der Waals surface area contributed by atoms with Gasteiger partial charge >= 0.3 is 0 Å². The molecule has 3 heteroatoms. The third-order valence-corrected chi connectivity index (χ3v) is 2.37. The molecule has 3 nitrogen and oxygen atoms in total. The zero-order valence-corrected chi connectivity index (χ0v) is 9.47. The zero-order valence-electron chi connectivity index (χ0n) is 9.47. The van der Waals surface area contributed by atoms with Gasteiger partial charge in [-0.15, -0.1) is 0 Å². The molecular formula is C13H14N2O. The van der Waals surface area contributed by atoms with E-state index in [0.29, 0.717) is 6.54 Å². The van der Waals surface area contributed by atoms with E-state index < -0.39 is 0 Å². The van der Waals surface area contributed by atoms with Crippen molar-refractivity contribution in [1.82, 2.24) is 9.78 Å². The molecule has 0 unspecified atom stereocenters. The number of ketones is 1. The van der Waals surface area contributed by atoms with Crippen molar-refractivity contribution in [2.45, 2.75) is 20.4 Å². The van der Waals surface area contributed by atoms with Crippen molar-refractivity contribution in [1.29, 1.82) is 0 Å². The van der Waals surface area contributed by atoms with Crippen LogP contribution in [0.4, 0.5) is 0 Å². The number of hydrogen-bond donors (Lipinski definition) is 0. The smallest absolute Gasteiger partial charge is 0.151 e. The Morgan fingerprint density at radius 1 is 1.38 bits per heavy atom. The number of Topliss-reactive ketones (excluding diaryl/α,β-unsaturated/α-hetero) is 1. The Balaban J connectivity index is 2.28. The van der Waals surface area contributed by atoms with Crippen LogP contribution in [0.1, 0.15) is 12.5 Å². The molecule has 0 amide bonds. The van der Waals surface area contributed by atoms with Crippen LogP contribution in [-0.4, -0.2) is 15.6 Å². The molecule has 0 fully saturated rings. The fourth-order valence-corrected chi connectivity index (χ4v) is 1.65. The normalized spacial score (nSPS) is 10.4. The predicted molar refractivity (Wildman–Crippen MR) is 63.1 cm³/mol. The predicted octanol–water partition coefficient (Wildman–Crippen LogP) is 2.45. The Morgan fingerprint density at radius 2 is 2.19 bits per heavy atom. The summed E-state index contributed by atoms with van der Waals surface area (Å²) in [5.74, 6) is 0.110. The van der Waals surface area contributed by atoms with Crippen LogP contribution in [0.5, 0.6) is 0 Å². The van der Waals surface area contributed by atoms with Gasteiger partial charge in [-0.05, 0) is 19.4 Å². The van der Waals surface area contributed by atoms with E-state index in [4.69, 9.17) is 0 Å². The number of rotatable bonds is 3. The van der Waals surface area contributed by atoms with Gasteiger partial charge in [0.1, 0.15) is 0 Å². The molecular weight excluding hydrogens is 200 g/mol. The standard InChI is InChI=1S/C13H14N2O/c1-10-4-3-5-12(6-10)13-7-14-15(9-13)8-11(2)16/h3-7,9H,8H2,1-2H3. The number of aryl methyl sites for hydroxylation is 1. The average molecular weight is 214 g/mol. The number of hydrogen-bond acceptors (Lipinski definition) is 2. The van der Waals surface area contributed by atoms with Gasteiger partial charge in [0.2, 0.25) is 0 Å². The summed E-state index contributed by atoms with van der Waals surface area (Å²) < 4.78 is 1.67. The summed E-state index contributed by atoms with van der Waals surface area (Å²) >= 11 is 0. The maximum Gasteiger partial charge on any atom is 0.151 e. The van der Waals surface area contributed by atoms with Gasteiger partial charge in [-0.3, -0.25) is 9.48 Å². The molecule has 0 bridgehead atoms. The largest absolute Gasteiger partial charge is 0.298 e. The lowest BCUT2D eigenvalue weighted by Gasteiger charge is -1.98. The van der Waals surface area contributed by atoms with Crippen LogP contribution in [0.3, 0.4) is 0 Å². The zero-order chi connectivity index (χ0) is 11.5. The fraction of sp³-hybridized carbons (Fsp3) is 0.231. The first-order valence-electron chi connectivity index (χ1n) is 5.24. The van der Waals surface area contributed by atoms with Gasteiger partial charge in [0.05, 0.1) is 12.7 Å². The van der Waals surface area contributed by atoms with Crippen LogP contribution in [-0.2, 0) is 11.3 Å². The molecule has 0 saturated carbocycles. The first kappa shape index (κ1) is 10.6. The number of carbonyl (C=O) groups is 1. The van der Waals surface area contributed by atoms with E-state index in [1.807, 2.05) is 18.3 Å². The maximum absolute atomic E-state index is 11.0. The highest BCUT2D eigenvalue weighted by Gasteiger charge is 2.03. The SMILES string of the molecule is CC(=O)Cn1cc(-c2cccc(C)c2)cn1. The van der Waals surface area contributed by atoms with Crippen LogP contribution < -0.4 is 0 Å². The van der Waals surface area contributed by atoms with Crippen molar-refractivity contribution in [3.63, 3.8) is 0 Å². The molecule has 0 saturated heterocycles. The first-order valence-corrected chi connectivity index (χ1v) is 5.24. The Morgan fingerprint density at radius 3 is 2.88 bits per heavy atom. The molecule has 0 atom stereocenters. The molecule has 1 aromatic heterocycles. The number of carbonyl (C=O) groups excluding carboxylic acids is 1. The van der Waals surface area contributed by atoms with E-state index in [2.05, 4.69) is 24.2 Å². The lowest BCUT2D eigenvalue weighted by atomic mass is 10.1. The molecule has 1 heterocycles. The van der Waals surface area contributed by atoms with E-state index in [9.17, 15) is 4.79 Å². The molecule has 1 aromatic carbocycles. The maximum atomic E-state index is 11.0. The summed E-state index contributed by atoms with van der Waals surface area (Å²) in [6.07, 6.45) is 3.69. The van der Waals surface area contributed by atoms with Gasteiger partial charge < -0.3 is 0 Å². The molecule has 0 aliphatic carbocycles. The van der Waals surface area contributed by atoms with E-state index in [0.717, 1.165) is 11.1 Å².